The van der Waals surface area contributed by atoms with Gasteiger partial charge in [-0.15, -0.1) is 10.2 Å². The van der Waals surface area contributed by atoms with Crippen LogP contribution in [0.1, 0.15) is 5.82 Å². The second-order valence-corrected chi connectivity index (χ2v) is 8.53. The van der Waals surface area contributed by atoms with Gasteiger partial charge in [-0.2, -0.15) is 8.78 Å². The first-order valence-corrected chi connectivity index (χ1v) is 10.5. The van der Waals surface area contributed by atoms with Gasteiger partial charge >= 0.3 is 5.38 Å². The second-order valence-electron chi connectivity index (χ2n) is 6.23. The van der Waals surface area contributed by atoms with Gasteiger partial charge in [-0.05, 0) is 79.9 Å². The molecule has 0 radical (unpaired) electrons. The van der Waals surface area contributed by atoms with Crippen LogP contribution < -0.4 is 0 Å². The molecule has 0 unspecified atom stereocenters. The number of nitrogens with one attached hydrogen (secondary N) is 1. The molecule has 0 amide bonds. The van der Waals surface area contributed by atoms with Crippen molar-refractivity contribution in [2.75, 3.05) is 0 Å². The molecule has 0 saturated carbocycles. The van der Waals surface area contributed by atoms with Crippen LogP contribution in [0.25, 0.3) is 27.9 Å². The zero-order valence-electron chi connectivity index (χ0n) is 15.0. The number of hydrogen-bond acceptors (Lipinski definition) is 3. The number of para-hydroxylation sites is 1. The summed E-state index contributed by atoms with van der Waals surface area (Å²) in [6, 6.07) is 17.6. The highest BCUT2D eigenvalue weighted by Crippen LogP contribution is 2.31. The van der Waals surface area contributed by atoms with E-state index in [9.17, 15) is 8.78 Å². The third kappa shape index (κ3) is 4.53. The first-order chi connectivity index (χ1) is 14.3. The minimum atomic E-state index is -3.51. The van der Waals surface area contributed by atoms with Crippen LogP contribution in [0.5, 0.6) is 0 Å². The van der Waals surface area contributed by atoms with Crippen LogP contribution in [0.15, 0.2) is 75.9 Å². The Morgan fingerprint density at radius 3 is 2.43 bits per heavy atom. The van der Waals surface area contributed by atoms with Crippen LogP contribution in [-0.2, 0) is 5.38 Å². The summed E-state index contributed by atoms with van der Waals surface area (Å²) >= 11 is 11.4. The highest BCUT2D eigenvalue weighted by Gasteiger charge is 2.34. The SMILES string of the molecule is Brc1ccc(-c2cc3ccccc3[nH]2)nc1.FC(F)(Cl)c1nnc2ccc(Br)cn12. The molecule has 5 aromatic rings. The lowest BCUT2D eigenvalue weighted by atomic mass is 10.2. The summed E-state index contributed by atoms with van der Waals surface area (Å²) in [5.74, 6) is -0.588. The quantitative estimate of drug-likeness (QED) is 0.245. The average Bonchev–Trinajstić information content (AvgIpc) is 3.32. The molecular formula is C20H12Br2ClF2N5. The summed E-state index contributed by atoms with van der Waals surface area (Å²) in [6.45, 7) is 0. The van der Waals surface area contributed by atoms with Gasteiger partial charge < -0.3 is 4.98 Å². The van der Waals surface area contributed by atoms with Gasteiger partial charge in [-0.25, -0.2) is 0 Å². The summed E-state index contributed by atoms with van der Waals surface area (Å²) in [6.07, 6.45) is 3.24. The van der Waals surface area contributed by atoms with Gasteiger partial charge in [-0.1, -0.05) is 18.2 Å². The van der Waals surface area contributed by atoms with Crippen molar-refractivity contribution in [3.63, 3.8) is 0 Å². The number of fused-ring (bicyclic) bond motifs is 2. The first-order valence-electron chi connectivity index (χ1n) is 8.58. The minimum absolute atomic E-state index is 0.323. The second kappa shape index (κ2) is 8.41. The van der Waals surface area contributed by atoms with E-state index in [4.69, 9.17) is 11.6 Å². The number of aromatic amines is 1. The number of halogens is 5. The predicted octanol–water partition coefficient (Wildman–Crippen LogP) is 6.77. The highest BCUT2D eigenvalue weighted by molar-refractivity contribution is 9.10. The Balaban J connectivity index is 0.000000147. The largest absolute Gasteiger partial charge is 0.382 e. The zero-order valence-corrected chi connectivity index (χ0v) is 19.0. The normalized spacial score (nSPS) is 11.5. The van der Waals surface area contributed by atoms with Crippen molar-refractivity contribution < 1.29 is 8.78 Å². The molecule has 1 aromatic carbocycles. The summed E-state index contributed by atoms with van der Waals surface area (Å²) in [7, 11) is 0. The van der Waals surface area contributed by atoms with E-state index in [1.54, 1.807) is 18.3 Å². The number of aromatic nitrogens is 5. The van der Waals surface area contributed by atoms with E-state index in [1.165, 1.54) is 11.6 Å². The Labute approximate surface area is 191 Å². The van der Waals surface area contributed by atoms with E-state index in [0.29, 0.717) is 10.1 Å². The van der Waals surface area contributed by atoms with Crippen molar-refractivity contribution in [1.82, 2.24) is 24.6 Å². The molecule has 0 bridgehead atoms. The van der Waals surface area contributed by atoms with E-state index in [1.807, 2.05) is 24.3 Å². The first kappa shape index (κ1) is 20.9. The number of pyridine rings is 2. The lowest BCUT2D eigenvalue weighted by molar-refractivity contribution is 0.0832. The fourth-order valence-corrected chi connectivity index (χ4v) is 3.50. The van der Waals surface area contributed by atoms with Crippen molar-refractivity contribution in [3.05, 3.63) is 81.8 Å². The Morgan fingerprint density at radius 2 is 1.73 bits per heavy atom. The molecular weight excluding hydrogens is 544 g/mol. The van der Waals surface area contributed by atoms with Gasteiger partial charge in [-0.3, -0.25) is 9.38 Å². The summed E-state index contributed by atoms with van der Waals surface area (Å²) < 4.78 is 28.3. The van der Waals surface area contributed by atoms with Gasteiger partial charge in [0.2, 0.25) is 5.82 Å². The fourth-order valence-electron chi connectivity index (χ4n) is 2.80. The number of benzene rings is 1. The Hall–Kier alpha value is -2.36. The van der Waals surface area contributed by atoms with Crippen molar-refractivity contribution in [3.8, 4) is 11.4 Å². The molecule has 4 heterocycles. The van der Waals surface area contributed by atoms with Crippen molar-refractivity contribution in [2.24, 2.45) is 0 Å². The van der Waals surface area contributed by atoms with E-state index in [2.05, 4.69) is 70.2 Å². The van der Waals surface area contributed by atoms with Gasteiger partial charge in [0, 0.05) is 32.2 Å². The molecule has 1 N–H and O–H groups in total. The number of nitrogens with zero attached hydrogens (tertiary/aromatic N) is 4. The maximum Gasteiger partial charge on any atom is 0.382 e. The third-order valence-corrected chi connectivity index (χ3v) is 5.26. The molecule has 30 heavy (non-hydrogen) atoms. The van der Waals surface area contributed by atoms with Crippen molar-refractivity contribution in [2.45, 2.75) is 5.38 Å². The van der Waals surface area contributed by atoms with Crippen LogP contribution in [-0.4, -0.2) is 24.6 Å². The maximum atomic E-state index is 12.8. The molecule has 10 heteroatoms. The number of alkyl halides is 3. The molecule has 0 spiro atoms. The molecule has 0 aliphatic carbocycles. The molecule has 0 fully saturated rings. The smallest absolute Gasteiger partial charge is 0.353 e. The van der Waals surface area contributed by atoms with E-state index in [0.717, 1.165) is 25.8 Å². The minimum Gasteiger partial charge on any atom is -0.353 e. The Kier molecular flexibility index (Phi) is 5.86. The summed E-state index contributed by atoms with van der Waals surface area (Å²) in [5.41, 5.74) is 3.47. The number of H-pyrrole nitrogens is 1. The lowest BCUT2D eigenvalue weighted by Crippen LogP contribution is -2.09. The summed E-state index contributed by atoms with van der Waals surface area (Å²) in [4.78, 5) is 7.72. The van der Waals surface area contributed by atoms with Crippen LogP contribution in [0.2, 0.25) is 0 Å². The molecule has 4 aromatic heterocycles. The van der Waals surface area contributed by atoms with Gasteiger partial charge in [0.15, 0.2) is 5.65 Å². The number of hydrogen-bond donors (Lipinski definition) is 1. The number of rotatable bonds is 2. The maximum absolute atomic E-state index is 12.8. The van der Waals surface area contributed by atoms with Crippen LogP contribution in [0, 0.1) is 0 Å². The molecule has 152 valence electrons. The Bertz CT molecular complexity index is 1280. The highest BCUT2D eigenvalue weighted by atomic mass is 79.9. The van der Waals surface area contributed by atoms with Crippen LogP contribution in [0.4, 0.5) is 8.78 Å². The molecule has 0 atom stereocenters. The van der Waals surface area contributed by atoms with Gasteiger partial charge in [0.1, 0.15) is 0 Å². The average molecular weight is 556 g/mol. The summed E-state index contributed by atoms with van der Waals surface area (Å²) in [5, 5.41) is 4.57. The molecule has 0 aliphatic heterocycles. The predicted molar refractivity (Wildman–Crippen MR) is 120 cm³/mol. The van der Waals surface area contributed by atoms with Gasteiger partial charge in [0.25, 0.3) is 0 Å². The molecule has 0 saturated heterocycles. The van der Waals surface area contributed by atoms with E-state index >= 15 is 0 Å². The van der Waals surface area contributed by atoms with Crippen molar-refractivity contribution >= 4 is 60.0 Å². The molecule has 5 nitrogen and oxygen atoms in total. The molecule has 5 rings (SSSR count). The van der Waals surface area contributed by atoms with Gasteiger partial charge in [0.05, 0.1) is 11.4 Å². The standard InChI is InChI=1S/C13H9BrN2.C7H3BrClF2N3/c14-10-5-6-12(15-8-10)13-7-9-3-1-2-4-11(9)16-13;8-4-1-2-5-12-13-6(7(9,10)11)14(5)3-4/h1-8,16H;1-3H. The third-order valence-electron chi connectivity index (χ3n) is 4.15. The van der Waals surface area contributed by atoms with Crippen LogP contribution in [0.3, 0.4) is 0 Å². The van der Waals surface area contributed by atoms with E-state index in [-0.39, 0.29) is 0 Å². The van der Waals surface area contributed by atoms with Crippen LogP contribution >= 0.6 is 43.5 Å². The van der Waals surface area contributed by atoms with Crippen molar-refractivity contribution in [1.29, 1.82) is 0 Å². The lowest BCUT2D eigenvalue weighted by Gasteiger charge is -2.04. The Morgan fingerprint density at radius 1 is 0.967 bits per heavy atom. The van der Waals surface area contributed by atoms with E-state index < -0.39 is 11.2 Å². The molecule has 0 aliphatic rings. The fraction of sp³-hybridized carbons (Fsp3) is 0.0500. The zero-order chi connectivity index (χ0) is 21.3. The monoisotopic (exact) mass is 553 g/mol. The topological polar surface area (TPSA) is 58.9 Å².